The Kier molecular flexibility index (Phi) is 4.48. The van der Waals surface area contributed by atoms with Crippen LogP contribution in [-0.2, 0) is 6.18 Å². The van der Waals surface area contributed by atoms with Crippen molar-refractivity contribution in [2.45, 2.75) is 6.18 Å². The summed E-state index contributed by atoms with van der Waals surface area (Å²) < 4.78 is 42.4. The number of anilines is 1. The molecule has 2 rings (SSSR count). The fourth-order valence-electron chi connectivity index (χ4n) is 1.63. The van der Waals surface area contributed by atoms with Crippen LogP contribution in [0.3, 0.4) is 0 Å². The highest BCUT2D eigenvalue weighted by molar-refractivity contribution is 5.77. The SMILES string of the molecule is O=[N+]([O-])c1ccc(/C=N\Nc2ccc(C(F)(F)F)cc2[N+](=O)[O-])o1. The van der Waals surface area contributed by atoms with Crippen molar-refractivity contribution in [3.05, 3.63) is 61.9 Å². The van der Waals surface area contributed by atoms with Gasteiger partial charge in [-0.05, 0) is 18.2 Å². The fraction of sp³-hybridized carbons (Fsp3) is 0.0833. The number of benzene rings is 1. The smallest absolute Gasteiger partial charge is 0.400 e. The van der Waals surface area contributed by atoms with Crippen LogP contribution in [-0.4, -0.2) is 16.1 Å². The minimum Gasteiger partial charge on any atom is -0.400 e. The van der Waals surface area contributed by atoms with E-state index < -0.39 is 33.2 Å². The van der Waals surface area contributed by atoms with Gasteiger partial charge in [-0.3, -0.25) is 25.7 Å². The third-order valence-corrected chi connectivity index (χ3v) is 2.69. The molecule has 0 atom stereocenters. The van der Waals surface area contributed by atoms with E-state index in [4.69, 9.17) is 4.42 Å². The number of halogens is 3. The Morgan fingerprint density at radius 1 is 1.12 bits per heavy atom. The summed E-state index contributed by atoms with van der Waals surface area (Å²) in [7, 11) is 0. The highest BCUT2D eigenvalue weighted by Crippen LogP contribution is 2.34. The summed E-state index contributed by atoms with van der Waals surface area (Å²) in [5.41, 5.74) is -0.0980. The molecule has 0 saturated carbocycles. The summed E-state index contributed by atoms with van der Waals surface area (Å²) in [5, 5.41) is 24.8. The lowest BCUT2D eigenvalue weighted by Gasteiger charge is -2.08. The van der Waals surface area contributed by atoms with E-state index in [2.05, 4.69) is 10.5 Å². The van der Waals surface area contributed by atoms with E-state index in [1.165, 1.54) is 6.07 Å². The van der Waals surface area contributed by atoms with E-state index in [1.807, 2.05) is 0 Å². The van der Waals surface area contributed by atoms with Gasteiger partial charge in [-0.15, -0.1) is 0 Å². The molecule has 2 aromatic rings. The minimum atomic E-state index is -4.72. The molecule has 0 unspecified atom stereocenters. The molecule has 0 radical (unpaired) electrons. The molecule has 126 valence electrons. The van der Waals surface area contributed by atoms with Crippen LogP contribution in [0.2, 0.25) is 0 Å². The average Bonchev–Trinajstić information content (AvgIpc) is 2.95. The van der Waals surface area contributed by atoms with E-state index in [0.29, 0.717) is 12.1 Å². The molecule has 0 spiro atoms. The van der Waals surface area contributed by atoms with E-state index >= 15 is 0 Å². The molecular formula is C12H7F3N4O5. The van der Waals surface area contributed by atoms with Crippen LogP contribution in [0.5, 0.6) is 0 Å². The second kappa shape index (κ2) is 6.36. The second-order valence-corrected chi connectivity index (χ2v) is 4.29. The van der Waals surface area contributed by atoms with E-state index in [-0.39, 0.29) is 11.4 Å². The summed E-state index contributed by atoms with van der Waals surface area (Å²) in [6.45, 7) is 0. The lowest BCUT2D eigenvalue weighted by Crippen LogP contribution is -2.06. The van der Waals surface area contributed by atoms with Crippen molar-refractivity contribution in [2.75, 3.05) is 5.43 Å². The summed E-state index contributed by atoms with van der Waals surface area (Å²) in [6.07, 6.45) is -3.74. The molecule has 1 N–H and O–H groups in total. The number of hydrogen-bond acceptors (Lipinski definition) is 7. The molecule has 0 fully saturated rings. The first kappa shape index (κ1) is 16.9. The Bertz CT molecular complexity index is 815. The van der Waals surface area contributed by atoms with Gasteiger partial charge in [-0.25, -0.2) is 0 Å². The molecule has 1 heterocycles. The Morgan fingerprint density at radius 2 is 1.83 bits per heavy atom. The number of nitro groups is 2. The van der Waals surface area contributed by atoms with Gasteiger partial charge in [0, 0.05) is 6.07 Å². The molecule has 0 bridgehead atoms. The first-order valence-electron chi connectivity index (χ1n) is 6.07. The van der Waals surface area contributed by atoms with Gasteiger partial charge < -0.3 is 4.42 Å². The first-order chi connectivity index (χ1) is 11.2. The zero-order valence-electron chi connectivity index (χ0n) is 11.5. The molecule has 9 nitrogen and oxygen atoms in total. The van der Waals surface area contributed by atoms with E-state index in [0.717, 1.165) is 18.3 Å². The van der Waals surface area contributed by atoms with Crippen molar-refractivity contribution in [2.24, 2.45) is 5.10 Å². The molecule has 0 aliphatic heterocycles. The number of nitrogens with zero attached hydrogens (tertiary/aromatic N) is 3. The van der Waals surface area contributed by atoms with Gasteiger partial charge in [0.05, 0.1) is 22.8 Å². The fourth-order valence-corrected chi connectivity index (χ4v) is 1.63. The van der Waals surface area contributed by atoms with Crippen molar-refractivity contribution >= 4 is 23.5 Å². The molecule has 0 saturated heterocycles. The lowest BCUT2D eigenvalue weighted by atomic mass is 10.1. The monoisotopic (exact) mass is 344 g/mol. The number of hydrogen-bond donors (Lipinski definition) is 1. The van der Waals surface area contributed by atoms with Crippen LogP contribution >= 0.6 is 0 Å². The van der Waals surface area contributed by atoms with Crippen LogP contribution in [0, 0.1) is 20.2 Å². The normalized spacial score (nSPS) is 11.6. The predicted octanol–water partition coefficient (Wildman–Crippen LogP) is 3.56. The Morgan fingerprint density at radius 3 is 2.38 bits per heavy atom. The number of nitrogens with one attached hydrogen (secondary N) is 1. The van der Waals surface area contributed by atoms with Gasteiger partial charge in [-0.1, -0.05) is 0 Å². The molecule has 24 heavy (non-hydrogen) atoms. The number of furan rings is 1. The standard InChI is InChI=1S/C12H7F3N4O5/c13-12(14,15)7-1-3-9(10(5-7)18(20)21)17-16-6-8-2-4-11(24-8)19(22)23/h1-6,17H/b16-6-. The molecule has 0 amide bonds. The molecule has 1 aromatic carbocycles. The lowest BCUT2D eigenvalue weighted by molar-refractivity contribution is -0.402. The largest absolute Gasteiger partial charge is 0.433 e. The Balaban J connectivity index is 2.21. The highest BCUT2D eigenvalue weighted by Gasteiger charge is 2.33. The van der Waals surface area contributed by atoms with Crippen LogP contribution in [0.4, 0.5) is 30.4 Å². The van der Waals surface area contributed by atoms with Gasteiger partial charge >= 0.3 is 12.1 Å². The van der Waals surface area contributed by atoms with E-state index in [9.17, 15) is 33.4 Å². The van der Waals surface area contributed by atoms with E-state index in [1.54, 1.807) is 0 Å². The summed E-state index contributed by atoms with van der Waals surface area (Å²) in [5.74, 6) is -0.555. The van der Waals surface area contributed by atoms with Crippen molar-refractivity contribution < 1.29 is 27.4 Å². The van der Waals surface area contributed by atoms with Crippen molar-refractivity contribution in [3.63, 3.8) is 0 Å². The average molecular weight is 344 g/mol. The predicted molar refractivity (Wildman–Crippen MR) is 74.7 cm³/mol. The Hall–Kier alpha value is -3.44. The maximum Gasteiger partial charge on any atom is 0.433 e. The zero-order valence-corrected chi connectivity index (χ0v) is 11.5. The first-order valence-corrected chi connectivity index (χ1v) is 6.07. The van der Waals surface area contributed by atoms with Crippen LogP contribution in [0.1, 0.15) is 11.3 Å². The minimum absolute atomic E-state index is 0.0243. The van der Waals surface area contributed by atoms with Crippen molar-refractivity contribution in [3.8, 4) is 0 Å². The number of alkyl halides is 3. The van der Waals surface area contributed by atoms with Crippen LogP contribution < -0.4 is 5.43 Å². The summed E-state index contributed by atoms with van der Waals surface area (Å²) in [6, 6.07) is 4.17. The third-order valence-electron chi connectivity index (χ3n) is 2.69. The maximum absolute atomic E-state index is 12.6. The summed E-state index contributed by atoms with van der Waals surface area (Å²) >= 11 is 0. The number of rotatable bonds is 5. The zero-order chi connectivity index (χ0) is 17.9. The highest BCUT2D eigenvalue weighted by atomic mass is 19.4. The van der Waals surface area contributed by atoms with Gasteiger partial charge in [0.1, 0.15) is 10.6 Å². The van der Waals surface area contributed by atoms with Gasteiger partial charge in [0.2, 0.25) is 0 Å². The quantitative estimate of drug-likeness (QED) is 0.502. The molecule has 0 aliphatic carbocycles. The molecule has 0 aliphatic rings. The Labute approximate surface area is 130 Å². The van der Waals surface area contributed by atoms with Crippen molar-refractivity contribution in [1.29, 1.82) is 0 Å². The van der Waals surface area contributed by atoms with Crippen LogP contribution in [0.25, 0.3) is 0 Å². The van der Waals surface area contributed by atoms with Gasteiger partial charge in [0.25, 0.3) is 5.69 Å². The second-order valence-electron chi connectivity index (χ2n) is 4.29. The molecular weight excluding hydrogens is 337 g/mol. The number of nitro benzene ring substituents is 1. The molecule has 12 heteroatoms. The topological polar surface area (TPSA) is 124 Å². The van der Waals surface area contributed by atoms with Crippen LogP contribution in [0.15, 0.2) is 39.9 Å². The van der Waals surface area contributed by atoms with Gasteiger partial charge in [-0.2, -0.15) is 18.3 Å². The van der Waals surface area contributed by atoms with Gasteiger partial charge in [0.15, 0.2) is 5.76 Å². The molecule has 1 aromatic heterocycles. The maximum atomic E-state index is 12.6. The van der Waals surface area contributed by atoms with Crippen molar-refractivity contribution in [1.82, 2.24) is 0 Å². The third kappa shape index (κ3) is 3.85. The number of hydrazone groups is 1. The summed E-state index contributed by atoms with van der Waals surface area (Å²) in [4.78, 5) is 19.5.